The number of aryl methyl sites for hydroxylation is 1. The first-order chi connectivity index (χ1) is 9.58. The SMILES string of the molecule is CCNCc1cc(C)ccc1Sc1nc(N)cc(=O)[nH]1. The quantitative estimate of drug-likeness (QED) is 0.733. The van der Waals surface area contributed by atoms with Gasteiger partial charge in [-0.3, -0.25) is 4.79 Å². The molecule has 0 aliphatic heterocycles. The van der Waals surface area contributed by atoms with Gasteiger partial charge in [-0.25, -0.2) is 4.98 Å². The summed E-state index contributed by atoms with van der Waals surface area (Å²) in [4.78, 5) is 19.3. The van der Waals surface area contributed by atoms with E-state index in [2.05, 4.69) is 35.2 Å². The molecule has 6 heteroatoms. The summed E-state index contributed by atoms with van der Waals surface area (Å²) in [5, 5.41) is 3.82. The number of anilines is 1. The Balaban J connectivity index is 2.29. The van der Waals surface area contributed by atoms with Crippen LogP contribution in [0.3, 0.4) is 0 Å². The van der Waals surface area contributed by atoms with Crippen LogP contribution in [0.1, 0.15) is 18.1 Å². The molecule has 5 nitrogen and oxygen atoms in total. The van der Waals surface area contributed by atoms with Gasteiger partial charge in [-0.2, -0.15) is 0 Å². The van der Waals surface area contributed by atoms with Crippen LogP contribution in [0.15, 0.2) is 39.1 Å². The summed E-state index contributed by atoms with van der Waals surface area (Å²) in [6.45, 7) is 5.82. The molecule has 0 atom stereocenters. The largest absolute Gasteiger partial charge is 0.383 e. The van der Waals surface area contributed by atoms with E-state index < -0.39 is 0 Å². The fourth-order valence-corrected chi connectivity index (χ4v) is 2.72. The average molecular weight is 290 g/mol. The fourth-order valence-electron chi connectivity index (χ4n) is 1.81. The van der Waals surface area contributed by atoms with E-state index in [0.717, 1.165) is 18.0 Å². The summed E-state index contributed by atoms with van der Waals surface area (Å²) in [5.41, 5.74) is 7.75. The van der Waals surface area contributed by atoms with Crippen LogP contribution >= 0.6 is 11.8 Å². The van der Waals surface area contributed by atoms with Crippen LogP contribution in [-0.4, -0.2) is 16.5 Å². The Hall–Kier alpha value is -1.79. The van der Waals surface area contributed by atoms with Crippen molar-refractivity contribution in [2.75, 3.05) is 12.3 Å². The second kappa shape index (κ2) is 6.58. The molecule has 1 heterocycles. The van der Waals surface area contributed by atoms with Crippen molar-refractivity contribution in [2.24, 2.45) is 0 Å². The van der Waals surface area contributed by atoms with Gasteiger partial charge in [0.05, 0.1) is 0 Å². The first-order valence-corrected chi connectivity index (χ1v) is 7.25. The molecular weight excluding hydrogens is 272 g/mol. The van der Waals surface area contributed by atoms with Crippen molar-refractivity contribution in [1.29, 1.82) is 0 Å². The lowest BCUT2D eigenvalue weighted by atomic mass is 10.1. The Morgan fingerprint density at radius 1 is 1.40 bits per heavy atom. The maximum absolute atomic E-state index is 11.4. The highest BCUT2D eigenvalue weighted by Crippen LogP contribution is 2.28. The van der Waals surface area contributed by atoms with Crippen LogP contribution in [0.25, 0.3) is 0 Å². The van der Waals surface area contributed by atoms with Gasteiger partial charge in [-0.05, 0) is 25.1 Å². The number of aromatic amines is 1. The second-order valence-electron chi connectivity index (χ2n) is 4.47. The lowest BCUT2D eigenvalue weighted by Gasteiger charge is -2.10. The normalized spacial score (nSPS) is 10.7. The van der Waals surface area contributed by atoms with Crippen molar-refractivity contribution in [3.8, 4) is 0 Å². The monoisotopic (exact) mass is 290 g/mol. The predicted octanol–water partition coefficient (Wildman–Crippen LogP) is 1.92. The molecule has 106 valence electrons. The number of nitrogens with two attached hydrogens (primary N) is 1. The maximum atomic E-state index is 11.4. The first-order valence-electron chi connectivity index (χ1n) is 6.43. The topological polar surface area (TPSA) is 83.8 Å². The molecule has 0 radical (unpaired) electrons. The van der Waals surface area contributed by atoms with Crippen molar-refractivity contribution in [1.82, 2.24) is 15.3 Å². The van der Waals surface area contributed by atoms with Gasteiger partial charge in [-0.1, -0.05) is 36.4 Å². The van der Waals surface area contributed by atoms with Crippen LogP contribution in [0.2, 0.25) is 0 Å². The summed E-state index contributed by atoms with van der Waals surface area (Å²) in [6, 6.07) is 7.49. The lowest BCUT2D eigenvalue weighted by Crippen LogP contribution is -2.13. The molecule has 4 N–H and O–H groups in total. The van der Waals surface area contributed by atoms with Crippen LogP contribution < -0.4 is 16.6 Å². The van der Waals surface area contributed by atoms with Crippen LogP contribution in [0, 0.1) is 6.92 Å². The van der Waals surface area contributed by atoms with Gasteiger partial charge in [0.1, 0.15) is 5.82 Å². The van der Waals surface area contributed by atoms with E-state index in [4.69, 9.17) is 5.73 Å². The molecule has 0 unspecified atom stereocenters. The van der Waals surface area contributed by atoms with E-state index >= 15 is 0 Å². The summed E-state index contributed by atoms with van der Waals surface area (Å²) < 4.78 is 0. The predicted molar refractivity (Wildman–Crippen MR) is 82.0 cm³/mol. The van der Waals surface area contributed by atoms with Crippen molar-refractivity contribution in [3.63, 3.8) is 0 Å². The molecule has 2 rings (SSSR count). The van der Waals surface area contributed by atoms with Crippen LogP contribution in [0.5, 0.6) is 0 Å². The number of benzene rings is 1. The molecule has 0 fully saturated rings. The Labute approximate surface area is 122 Å². The van der Waals surface area contributed by atoms with E-state index in [1.165, 1.54) is 29.0 Å². The summed E-state index contributed by atoms with van der Waals surface area (Å²) in [7, 11) is 0. The number of hydrogen-bond acceptors (Lipinski definition) is 5. The number of nitrogen functional groups attached to an aromatic ring is 1. The highest BCUT2D eigenvalue weighted by Gasteiger charge is 2.07. The molecule has 0 saturated carbocycles. The minimum atomic E-state index is -0.236. The van der Waals surface area contributed by atoms with Gasteiger partial charge in [-0.15, -0.1) is 0 Å². The molecular formula is C14H18N4OS. The molecule has 1 aromatic carbocycles. The summed E-state index contributed by atoms with van der Waals surface area (Å²) in [6.07, 6.45) is 0. The molecule has 20 heavy (non-hydrogen) atoms. The number of nitrogens with zero attached hydrogens (tertiary/aromatic N) is 1. The van der Waals surface area contributed by atoms with Gasteiger partial charge < -0.3 is 16.0 Å². The molecule has 0 saturated heterocycles. The molecule has 0 spiro atoms. The van der Waals surface area contributed by atoms with Crippen molar-refractivity contribution in [3.05, 3.63) is 45.7 Å². The van der Waals surface area contributed by atoms with E-state index in [0.29, 0.717) is 5.16 Å². The van der Waals surface area contributed by atoms with Crippen molar-refractivity contribution >= 4 is 17.6 Å². The van der Waals surface area contributed by atoms with E-state index in [9.17, 15) is 4.79 Å². The molecule has 0 aliphatic rings. The molecule has 1 aromatic heterocycles. The van der Waals surface area contributed by atoms with Gasteiger partial charge in [0.15, 0.2) is 5.16 Å². The molecule has 0 bridgehead atoms. The number of rotatable bonds is 5. The van der Waals surface area contributed by atoms with Gasteiger partial charge >= 0.3 is 0 Å². The molecule has 0 aliphatic carbocycles. The molecule has 2 aromatic rings. The Bertz CT molecular complexity index is 654. The van der Waals surface area contributed by atoms with Gasteiger partial charge in [0.2, 0.25) is 0 Å². The highest BCUT2D eigenvalue weighted by atomic mass is 32.2. The van der Waals surface area contributed by atoms with Gasteiger partial charge in [0, 0.05) is 17.5 Å². The second-order valence-corrected chi connectivity index (χ2v) is 5.50. The number of aromatic nitrogens is 2. The zero-order chi connectivity index (χ0) is 14.5. The third-order valence-electron chi connectivity index (χ3n) is 2.73. The third kappa shape index (κ3) is 3.85. The number of H-pyrrole nitrogens is 1. The zero-order valence-electron chi connectivity index (χ0n) is 11.6. The van der Waals surface area contributed by atoms with Crippen molar-refractivity contribution in [2.45, 2.75) is 30.4 Å². The third-order valence-corrected chi connectivity index (χ3v) is 3.73. The summed E-state index contributed by atoms with van der Waals surface area (Å²) >= 11 is 1.42. The number of nitrogens with one attached hydrogen (secondary N) is 2. The highest BCUT2D eigenvalue weighted by molar-refractivity contribution is 7.99. The van der Waals surface area contributed by atoms with Crippen LogP contribution in [-0.2, 0) is 6.54 Å². The fraction of sp³-hybridized carbons (Fsp3) is 0.286. The lowest BCUT2D eigenvalue weighted by molar-refractivity contribution is 0.717. The Morgan fingerprint density at radius 2 is 2.20 bits per heavy atom. The smallest absolute Gasteiger partial charge is 0.253 e. The van der Waals surface area contributed by atoms with Crippen LogP contribution in [0.4, 0.5) is 5.82 Å². The molecule has 0 amide bonds. The Morgan fingerprint density at radius 3 is 2.90 bits per heavy atom. The van der Waals surface area contributed by atoms with E-state index in [1.807, 2.05) is 12.1 Å². The average Bonchev–Trinajstić information content (AvgIpc) is 2.38. The van der Waals surface area contributed by atoms with E-state index in [1.54, 1.807) is 0 Å². The maximum Gasteiger partial charge on any atom is 0.253 e. The summed E-state index contributed by atoms with van der Waals surface area (Å²) in [5.74, 6) is 0.233. The Kier molecular flexibility index (Phi) is 4.81. The standard InChI is InChI=1S/C14H18N4OS/c1-3-16-8-10-6-9(2)4-5-11(10)20-14-17-12(15)7-13(19)18-14/h4-7,16H,3,8H2,1-2H3,(H3,15,17,18,19). The number of hydrogen-bond donors (Lipinski definition) is 3. The first kappa shape index (κ1) is 14.6. The van der Waals surface area contributed by atoms with Gasteiger partial charge in [0.25, 0.3) is 5.56 Å². The minimum absolute atomic E-state index is 0.233. The van der Waals surface area contributed by atoms with Crippen molar-refractivity contribution < 1.29 is 0 Å². The minimum Gasteiger partial charge on any atom is -0.383 e. The van der Waals surface area contributed by atoms with E-state index in [-0.39, 0.29) is 11.4 Å². The zero-order valence-corrected chi connectivity index (χ0v) is 12.4.